The van der Waals surface area contributed by atoms with Gasteiger partial charge in [-0.15, -0.1) is 0 Å². The highest BCUT2D eigenvalue weighted by Crippen LogP contribution is 2.41. The van der Waals surface area contributed by atoms with Gasteiger partial charge >= 0.3 is 0 Å². The molecule has 0 unspecified atom stereocenters. The van der Waals surface area contributed by atoms with Gasteiger partial charge in [-0.25, -0.2) is 4.98 Å². The normalized spacial score (nSPS) is 24.7. The quantitative estimate of drug-likeness (QED) is 0.937. The molecule has 4 rings (SSSR count). The number of carbonyl (C=O) groups excluding carboxylic acids is 1. The molecule has 2 atom stereocenters. The minimum absolute atomic E-state index is 0.0933. The van der Waals surface area contributed by atoms with E-state index in [0.29, 0.717) is 12.5 Å². The smallest absolute Gasteiger partial charge is 0.253 e. The van der Waals surface area contributed by atoms with Crippen molar-refractivity contribution < 1.29 is 4.79 Å². The highest BCUT2D eigenvalue weighted by molar-refractivity contribution is 5.94. The summed E-state index contributed by atoms with van der Waals surface area (Å²) in [4.78, 5) is 18.6. The minimum Gasteiger partial charge on any atom is -0.337 e. The molecule has 5 nitrogen and oxygen atoms in total. The summed E-state index contributed by atoms with van der Waals surface area (Å²) in [5.74, 6) is 1.33. The van der Waals surface area contributed by atoms with E-state index in [2.05, 4.69) is 4.98 Å². The van der Waals surface area contributed by atoms with Gasteiger partial charge in [0.05, 0.1) is 6.33 Å². The highest BCUT2D eigenvalue weighted by Gasteiger charge is 2.42. The summed E-state index contributed by atoms with van der Waals surface area (Å²) in [6.45, 7) is 1.50. The van der Waals surface area contributed by atoms with Crippen molar-refractivity contribution >= 4 is 5.91 Å². The van der Waals surface area contributed by atoms with E-state index in [4.69, 9.17) is 5.73 Å². The first kappa shape index (κ1) is 13.5. The number of carbonyl (C=O) groups is 1. The third-order valence-corrected chi connectivity index (χ3v) is 4.84. The van der Waals surface area contributed by atoms with Gasteiger partial charge in [-0.05, 0) is 48.9 Å². The van der Waals surface area contributed by atoms with Crippen molar-refractivity contribution in [2.75, 3.05) is 13.1 Å². The molecule has 1 amide bonds. The summed E-state index contributed by atoms with van der Waals surface area (Å²) in [6.07, 6.45) is 7.93. The Bertz CT molecular complexity index is 660. The summed E-state index contributed by atoms with van der Waals surface area (Å²) in [6, 6.07) is 7.80. The average molecular weight is 296 g/mol. The van der Waals surface area contributed by atoms with Gasteiger partial charge in [-0.3, -0.25) is 4.79 Å². The highest BCUT2D eigenvalue weighted by atomic mass is 16.2. The molecule has 1 aromatic heterocycles. The van der Waals surface area contributed by atoms with Crippen molar-refractivity contribution in [2.24, 2.45) is 17.6 Å². The Hall–Kier alpha value is -2.14. The summed E-state index contributed by atoms with van der Waals surface area (Å²) < 4.78 is 1.92. The van der Waals surface area contributed by atoms with E-state index < -0.39 is 0 Å². The maximum Gasteiger partial charge on any atom is 0.253 e. The van der Waals surface area contributed by atoms with Crippen LogP contribution in [0.25, 0.3) is 5.69 Å². The van der Waals surface area contributed by atoms with Crippen LogP contribution in [-0.2, 0) is 0 Å². The monoisotopic (exact) mass is 296 g/mol. The molecule has 2 N–H and O–H groups in total. The molecular formula is C17H20N4O. The van der Waals surface area contributed by atoms with Crippen molar-refractivity contribution in [2.45, 2.75) is 18.9 Å². The molecule has 0 spiro atoms. The molecular weight excluding hydrogens is 276 g/mol. The second-order valence-electron chi connectivity index (χ2n) is 6.39. The zero-order valence-electron chi connectivity index (χ0n) is 12.4. The summed E-state index contributed by atoms with van der Waals surface area (Å²) >= 11 is 0. The lowest BCUT2D eigenvalue weighted by atomic mass is 9.99. The average Bonchev–Trinajstić information content (AvgIpc) is 3.09. The topological polar surface area (TPSA) is 64.2 Å². The van der Waals surface area contributed by atoms with Crippen LogP contribution in [0.15, 0.2) is 43.0 Å². The SMILES string of the molecule is N[C@@H]1CN(C(=O)c2ccc(-n3ccnc3)cc2)C[C@H]1C1CC1. The largest absolute Gasteiger partial charge is 0.337 e. The Morgan fingerprint density at radius 1 is 1.18 bits per heavy atom. The predicted molar refractivity (Wildman–Crippen MR) is 83.7 cm³/mol. The maximum atomic E-state index is 12.6. The fraction of sp³-hybridized carbons (Fsp3) is 0.412. The van der Waals surface area contributed by atoms with E-state index in [1.807, 2.05) is 39.9 Å². The van der Waals surface area contributed by atoms with Crippen LogP contribution in [0.2, 0.25) is 0 Å². The zero-order valence-corrected chi connectivity index (χ0v) is 12.4. The van der Waals surface area contributed by atoms with Gasteiger partial charge < -0.3 is 15.2 Å². The van der Waals surface area contributed by atoms with Crippen LogP contribution in [0.5, 0.6) is 0 Å². The first-order chi connectivity index (χ1) is 10.7. The maximum absolute atomic E-state index is 12.6. The standard InChI is InChI=1S/C17H20N4O/c18-16-10-21(9-15(16)12-1-2-12)17(22)13-3-5-14(6-4-13)20-8-7-19-11-20/h3-8,11-12,15-16H,1-2,9-10,18H2/t15-,16+/m0/s1. The number of nitrogens with two attached hydrogens (primary N) is 1. The van der Waals surface area contributed by atoms with Gasteiger partial charge in [0.15, 0.2) is 0 Å². The van der Waals surface area contributed by atoms with Crippen LogP contribution in [0.1, 0.15) is 23.2 Å². The molecule has 2 fully saturated rings. The number of nitrogens with zero attached hydrogens (tertiary/aromatic N) is 3. The van der Waals surface area contributed by atoms with Gasteiger partial charge in [-0.2, -0.15) is 0 Å². The second-order valence-corrected chi connectivity index (χ2v) is 6.39. The fourth-order valence-corrected chi connectivity index (χ4v) is 3.41. The van der Waals surface area contributed by atoms with Gasteiger partial charge in [0.25, 0.3) is 5.91 Å². The van der Waals surface area contributed by atoms with E-state index in [0.717, 1.165) is 23.7 Å². The van der Waals surface area contributed by atoms with Crippen molar-refractivity contribution in [3.8, 4) is 5.69 Å². The van der Waals surface area contributed by atoms with Crippen LogP contribution >= 0.6 is 0 Å². The predicted octanol–water partition coefficient (Wildman–Crippen LogP) is 1.68. The molecule has 22 heavy (non-hydrogen) atoms. The Kier molecular flexibility index (Phi) is 3.22. The Labute approximate surface area is 129 Å². The Morgan fingerprint density at radius 2 is 1.95 bits per heavy atom. The number of likely N-dealkylation sites (tertiary alicyclic amines) is 1. The number of aromatic nitrogens is 2. The fourth-order valence-electron chi connectivity index (χ4n) is 3.41. The summed E-state index contributed by atoms with van der Waals surface area (Å²) in [7, 11) is 0. The number of hydrogen-bond donors (Lipinski definition) is 1. The van der Waals surface area contributed by atoms with Crippen molar-refractivity contribution in [1.82, 2.24) is 14.5 Å². The number of benzene rings is 1. The third-order valence-electron chi connectivity index (χ3n) is 4.84. The molecule has 1 saturated carbocycles. The van der Waals surface area contributed by atoms with E-state index in [1.165, 1.54) is 12.8 Å². The molecule has 2 heterocycles. The van der Waals surface area contributed by atoms with Crippen LogP contribution < -0.4 is 5.73 Å². The van der Waals surface area contributed by atoms with Gasteiger partial charge in [-0.1, -0.05) is 0 Å². The van der Waals surface area contributed by atoms with Crippen molar-refractivity contribution in [1.29, 1.82) is 0 Å². The molecule has 1 aliphatic heterocycles. The van der Waals surface area contributed by atoms with Crippen LogP contribution in [0.4, 0.5) is 0 Å². The number of amides is 1. The van der Waals surface area contributed by atoms with E-state index in [1.54, 1.807) is 12.5 Å². The van der Waals surface area contributed by atoms with E-state index in [9.17, 15) is 4.79 Å². The first-order valence-electron chi connectivity index (χ1n) is 7.85. The molecule has 1 saturated heterocycles. The third kappa shape index (κ3) is 2.41. The molecule has 2 aliphatic rings. The number of rotatable bonds is 3. The van der Waals surface area contributed by atoms with Gasteiger partial charge in [0, 0.05) is 42.8 Å². The molecule has 5 heteroatoms. The lowest BCUT2D eigenvalue weighted by molar-refractivity contribution is 0.0785. The second kappa shape index (κ2) is 5.25. The number of imidazole rings is 1. The molecule has 1 aliphatic carbocycles. The molecule has 0 bridgehead atoms. The van der Waals surface area contributed by atoms with Gasteiger partial charge in [0.1, 0.15) is 0 Å². The van der Waals surface area contributed by atoms with Crippen molar-refractivity contribution in [3.63, 3.8) is 0 Å². The molecule has 1 aromatic carbocycles. The van der Waals surface area contributed by atoms with Crippen LogP contribution in [0.3, 0.4) is 0 Å². The molecule has 2 aromatic rings. The van der Waals surface area contributed by atoms with Crippen LogP contribution in [0, 0.1) is 11.8 Å². The minimum atomic E-state index is 0.0933. The van der Waals surface area contributed by atoms with Crippen molar-refractivity contribution in [3.05, 3.63) is 48.5 Å². The Morgan fingerprint density at radius 3 is 2.59 bits per heavy atom. The van der Waals surface area contributed by atoms with Crippen LogP contribution in [-0.4, -0.2) is 39.5 Å². The zero-order chi connectivity index (χ0) is 15.1. The first-order valence-corrected chi connectivity index (χ1v) is 7.85. The lowest BCUT2D eigenvalue weighted by Crippen LogP contribution is -2.32. The van der Waals surface area contributed by atoms with E-state index in [-0.39, 0.29) is 11.9 Å². The Balaban J connectivity index is 1.48. The number of hydrogen-bond acceptors (Lipinski definition) is 3. The molecule has 114 valence electrons. The van der Waals surface area contributed by atoms with Gasteiger partial charge in [0.2, 0.25) is 0 Å². The summed E-state index contributed by atoms with van der Waals surface area (Å²) in [5, 5.41) is 0. The molecule has 0 radical (unpaired) electrons. The van der Waals surface area contributed by atoms with E-state index >= 15 is 0 Å². The summed E-state index contributed by atoms with van der Waals surface area (Å²) in [5.41, 5.74) is 7.94. The lowest BCUT2D eigenvalue weighted by Gasteiger charge is -2.16.